The first-order valence-electron chi connectivity index (χ1n) is 7.56. The second-order valence-corrected chi connectivity index (χ2v) is 5.46. The molecule has 3 aromatic carbocycles. The van der Waals surface area contributed by atoms with Crippen LogP contribution in [0.25, 0.3) is 10.8 Å². The van der Waals surface area contributed by atoms with Gasteiger partial charge in [-0.05, 0) is 41.3 Å². The lowest BCUT2D eigenvalue weighted by molar-refractivity contribution is 0.0953. The molecule has 110 valence electrons. The summed E-state index contributed by atoms with van der Waals surface area (Å²) >= 11 is 0. The number of aryl methyl sites for hydroxylation is 1. The minimum atomic E-state index is -0.00154. The highest BCUT2D eigenvalue weighted by Crippen LogP contribution is 2.18. The van der Waals surface area contributed by atoms with Gasteiger partial charge in [0.25, 0.3) is 5.91 Å². The molecule has 0 aliphatic heterocycles. The smallest absolute Gasteiger partial charge is 0.251 e. The Bertz CT molecular complexity index is 802. The zero-order valence-corrected chi connectivity index (χ0v) is 12.7. The van der Waals surface area contributed by atoms with Crippen molar-refractivity contribution in [2.45, 2.75) is 13.3 Å². The van der Waals surface area contributed by atoms with E-state index in [1.807, 2.05) is 37.3 Å². The van der Waals surface area contributed by atoms with Gasteiger partial charge in [0.05, 0.1) is 0 Å². The van der Waals surface area contributed by atoms with Crippen LogP contribution >= 0.6 is 0 Å². The van der Waals surface area contributed by atoms with Gasteiger partial charge in [-0.1, -0.05) is 60.7 Å². The summed E-state index contributed by atoms with van der Waals surface area (Å²) in [5.41, 5.74) is 3.02. The zero-order chi connectivity index (χ0) is 15.4. The van der Waals surface area contributed by atoms with Crippen LogP contribution in [0.4, 0.5) is 0 Å². The van der Waals surface area contributed by atoms with Crippen molar-refractivity contribution < 1.29 is 4.79 Å². The maximum absolute atomic E-state index is 12.2. The lowest BCUT2D eigenvalue weighted by Crippen LogP contribution is -2.26. The lowest BCUT2D eigenvalue weighted by atomic mass is 10.0. The SMILES string of the molecule is Cc1ccccc1C(=O)NCCc1cccc2ccccc12. The molecule has 0 saturated carbocycles. The molecule has 3 rings (SSSR count). The Morgan fingerprint density at radius 3 is 2.50 bits per heavy atom. The summed E-state index contributed by atoms with van der Waals surface area (Å²) in [5, 5.41) is 5.51. The van der Waals surface area contributed by atoms with Crippen molar-refractivity contribution >= 4 is 16.7 Å². The van der Waals surface area contributed by atoms with Crippen molar-refractivity contribution in [3.63, 3.8) is 0 Å². The van der Waals surface area contributed by atoms with Crippen LogP contribution in [-0.2, 0) is 6.42 Å². The first-order valence-corrected chi connectivity index (χ1v) is 7.56. The lowest BCUT2D eigenvalue weighted by Gasteiger charge is -2.09. The van der Waals surface area contributed by atoms with Gasteiger partial charge in [0, 0.05) is 12.1 Å². The van der Waals surface area contributed by atoms with Gasteiger partial charge in [0.2, 0.25) is 0 Å². The summed E-state index contributed by atoms with van der Waals surface area (Å²) in [4.78, 5) is 12.2. The number of hydrogen-bond donors (Lipinski definition) is 1. The Morgan fingerprint density at radius 1 is 0.909 bits per heavy atom. The van der Waals surface area contributed by atoms with Crippen molar-refractivity contribution in [2.24, 2.45) is 0 Å². The van der Waals surface area contributed by atoms with E-state index in [0.29, 0.717) is 6.54 Å². The van der Waals surface area contributed by atoms with E-state index in [0.717, 1.165) is 17.5 Å². The Hall–Kier alpha value is -2.61. The Balaban J connectivity index is 1.68. The fourth-order valence-corrected chi connectivity index (χ4v) is 2.74. The summed E-state index contributed by atoms with van der Waals surface area (Å²) in [7, 11) is 0. The van der Waals surface area contributed by atoms with Crippen molar-refractivity contribution in [1.82, 2.24) is 5.32 Å². The molecular formula is C20H19NO. The van der Waals surface area contributed by atoms with Gasteiger partial charge >= 0.3 is 0 Å². The minimum Gasteiger partial charge on any atom is -0.352 e. The molecular weight excluding hydrogens is 270 g/mol. The van der Waals surface area contributed by atoms with Crippen LogP contribution in [0.2, 0.25) is 0 Å². The van der Waals surface area contributed by atoms with Crippen LogP contribution in [-0.4, -0.2) is 12.5 Å². The van der Waals surface area contributed by atoms with E-state index in [2.05, 4.69) is 41.7 Å². The summed E-state index contributed by atoms with van der Waals surface area (Å²) in [6.45, 7) is 2.60. The first kappa shape index (κ1) is 14.3. The normalized spacial score (nSPS) is 10.6. The molecule has 1 N–H and O–H groups in total. The standard InChI is InChI=1S/C20H19NO/c1-15-7-2-4-11-18(15)20(22)21-14-13-17-10-6-9-16-8-3-5-12-19(16)17/h2-12H,13-14H2,1H3,(H,21,22). The topological polar surface area (TPSA) is 29.1 Å². The number of hydrogen-bond acceptors (Lipinski definition) is 1. The van der Waals surface area contributed by atoms with E-state index >= 15 is 0 Å². The molecule has 0 aliphatic carbocycles. The van der Waals surface area contributed by atoms with Crippen molar-refractivity contribution in [3.05, 3.63) is 83.4 Å². The van der Waals surface area contributed by atoms with Gasteiger partial charge in [0.15, 0.2) is 0 Å². The second kappa shape index (κ2) is 6.44. The third-order valence-corrected chi connectivity index (χ3v) is 3.95. The predicted octanol–water partition coefficient (Wildman–Crippen LogP) is 4.12. The fraction of sp³-hybridized carbons (Fsp3) is 0.150. The summed E-state index contributed by atoms with van der Waals surface area (Å²) < 4.78 is 0. The van der Waals surface area contributed by atoms with Crippen LogP contribution in [0.15, 0.2) is 66.7 Å². The van der Waals surface area contributed by atoms with Crippen molar-refractivity contribution in [1.29, 1.82) is 0 Å². The molecule has 0 heterocycles. The Labute approximate surface area is 130 Å². The molecule has 2 nitrogen and oxygen atoms in total. The molecule has 2 heteroatoms. The largest absolute Gasteiger partial charge is 0.352 e. The highest BCUT2D eigenvalue weighted by Gasteiger charge is 2.07. The zero-order valence-electron chi connectivity index (χ0n) is 12.7. The second-order valence-electron chi connectivity index (χ2n) is 5.46. The fourth-order valence-electron chi connectivity index (χ4n) is 2.74. The number of fused-ring (bicyclic) bond motifs is 1. The predicted molar refractivity (Wildman–Crippen MR) is 91.2 cm³/mol. The van der Waals surface area contributed by atoms with Crippen LogP contribution < -0.4 is 5.32 Å². The number of nitrogens with one attached hydrogen (secondary N) is 1. The molecule has 0 aromatic heterocycles. The molecule has 0 atom stereocenters. The maximum atomic E-state index is 12.2. The van der Waals surface area contributed by atoms with E-state index in [9.17, 15) is 4.79 Å². The molecule has 0 saturated heterocycles. The third kappa shape index (κ3) is 3.01. The number of carbonyl (C=O) groups excluding carboxylic acids is 1. The number of benzene rings is 3. The number of carbonyl (C=O) groups is 1. The van der Waals surface area contributed by atoms with Crippen molar-refractivity contribution in [3.8, 4) is 0 Å². The summed E-state index contributed by atoms with van der Waals surface area (Å²) in [5.74, 6) is -0.00154. The van der Waals surface area contributed by atoms with E-state index in [-0.39, 0.29) is 5.91 Å². The van der Waals surface area contributed by atoms with E-state index in [4.69, 9.17) is 0 Å². The third-order valence-electron chi connectivity index (χ3n) is 3.95. The van der Waals surface area contributed by atoms with Crippen LogP contribution in [0.3, 0.4) is 0 Å². The molecule has 0 spiro atoms. The van der Waals surface area contributed by atoms with E-state index in [1.165, 1.54) is 16.3 Å². The van der Waals surface area contributed by atoms with E-state index in [1.54, 1.807) is 0 Å². The molecule has 1 amide bonds. The van der Waals surface area contributed by atoms with Crippen LogP contribution in [0.1, 0.15) is 21.5 Å². The van der Waals surface area contributed by atoms with Gasteiger partial charge in [-0.15, -0.1) is 0 Å². The van der Waals surface area contributed by atoms with Gasteiger partial charge in [-0.25, -0.2) is 0 Å². The first-order chi connectivity index (χ1) is 10.8. The monoisotopic (exact) mass is 289 g/mol. The minimum absolute atomic E-state index is 0.00154. The average molecular weight is 289 g/mol. The molecule has 0 bridgehead atoms. The Morgan fingerprint density at radius 2 is 1.64 bits per heavy atom. The maximum Gasteiger partial charge on any atom is 0.251 e. The van der Waals surface area contributed by atoms with Crippen LogP contribution in [0, 0.1) is 6.92 Å². The van der Waals surface area contributed by atoms with E-state index < -0.39 is 0 Å². The molecule has 3 aromatic rings. The van der Waals surface area contributed by atoms with Gasteiger partial charge in [-0.2, -0.15) is 0 Å². The summed E-state index contributed by atoms with van der Waals surface area (Å²) in [6.07, 6.45) is 0.832. The molecule has 22 heavy (non-hydrogen) atoms. The quantitative estimate of drug-likeness (QED) is 0.769. The number of amides is 1. The van der Waals surface area contributed by atoms with Crippen molar-refractivity contribution in [2.75, 3.05) is 6.54 Å². The van der Waals surface area contributed by atoms with Gasteiger partial charge < -0.3 is 5.32 Å². The molecule has 0 radical (unpaired) electrons. The molecule has 0 aliphatic rings. The molecule has 0 unspecified atom stereocenters. The molecule has 0 fully saturated rings. The van der Waals surface area contributed by atoms with Gasteiger partial charge in [0.1, 0.15) is 0 Å². The Kier molecular flexibility index (Phi) is 4.19. The van der Waals surface area contributed by atoms with Crippen LogP contribution in [0.5, 0.6) is 0 Å². The highest BCUT2D eigenvalue weighted by atomic mass is 16.1. The summed E-state index contributed by atoms with van der Waals surface area (Å²) in [6, 6.07) is 22.3. The number of rotatable bonds is 4. The van der Waals surface area contributed by atoms with Gasteiger partial charge in [-0.3, -0.25) is 4.79 Å². The highest BCUT2D eigenvalue weighted by molar-refractivity contribution is 5.95. The average Bonchev–Trinajstić information content (AvgIpc) is 2.55.